The Labute approximate surface area is 110 Å². The molecule has 0 bridgehead atoms. The van der Waals surface area contributed by atoms with Crippen LogP contribution in [-0.4, -0.2) is 23.5 Å². The monoisotopic (exact) mass is 257 g/mol. The van der Waals surface area contributed by atoms with Crippen LogP contribution in [-0.2, 0) is 9.59 Å². The summed E-state index contributed by atoms with van der Waals surface area (Å²) in [5.41, 5.74) is -0.0396. The molecule has 1 amide bonds. The van der Waals surface area contributed by atoms with Gasteiger partial charge in [0.1, 0.15) is 0 Å². The summed E-state index contributed by atoms with van der Waals surface area (Å²) < 4.78 is 0. The zero-order valence-corrected chi connectivity index (χ0v) is 12.1. The third-order valence-electron chi connectivity index (χ3n) is 3.37. The molecule has 0 aliphatic heterocycles. The predicted octanol–water partition coefficient (Wildman–Crippen LogP) is 2.82. The summed E-state index contributed by atoms with van der Waals surface area (Å²) in [6.07, 6.45) is 3.23. The van der Waals surface area contributed by atoms with E-state index in [2.05, 4.69) is 19.2 Å². The van der Waals surface area contributed by atoms with Crippen molar-refractivity contribution >= 4 is 11.9 Å². The van der Waals surface area contributed by atoms with E-state index in [0.717, 1.165) is 12.8 Å². The van der Waals surface area contributed by atoms with Gasteiger partial charge in [-0.15, -0.1) is 0 Å². The zero-order valence-electron chi connectivity index (χ0n) is 12.1. The standard InChI is InChI=1S/C14H27NO3/c1-5-11(2)10-12(16)15-9-8-14(3,4)7-6-13(17)18/h11H,5-10H2,1-4H3,(H,15,16)(H,17,18). The Hall–Kier alpha value is -1.06. The van der Waals surface area contributed by atoms with Crippen molar-refractivity contribution in [1.29, 1.82) is 0 Å². The molecule has 0 heterocycles. The number of amides is 1. The Morgan fingerprint density at radius 1 is 1.28 bits per heavy atom. The van der Waals surface area contributed by atoms with E-state index in [1.807, 2.05) is 13.8 Å². The van der Waals surface area contributed by atoms with E-state index < -0.39 is 5.97 Å². The number of carbonyl (C=O) groups is 2. The summed E-state index contributed by atoms with van der Waals surface area (Å²) in [6, 6.07) is 0. The summed E-state index contributed by atoms with van der Waals surface area (Å²) in [7, 11) is 0. The van der Waals surface area contributed by atoms with E-state index in [-0.39, 0.29) is 17.7 Å². The van der Waals surface area contributed by atoms with Crippen LogP contribution in [0.2, 0.25) is 0 Å². The Bertz CT molecular complexity index is 274. The van der Waals surface area contributed by atoms with Crippen molar-refractivity contribution in [2.75, 3.05) is 6.54 Å². The second-order valence-corrected chi connectivity index (χ2v) is 5.88. The first kappa shape index (κ1) is 16.9. The van der Waals surface area contributed by atoms with E-state index >= 15 is 0 Å². The number of hydrogen-bond acceptors (Lipinski definition) is 2. The molecule has 0 aliphatic carbocycles. The first-order valence-corrected chi connectivity index (χ1v) is 6.75. The molecule has 0 fully saturated rings. The predicted molar refractivity (Wildman–Crippen MR) is 72.3 cm³/mol. The van der Waals surface area contributed by atoms with Crippen LogP contribution < -0.4 is 5.32 Å². The lowest BCUT2D eigenvalue weighted by atomic mass is 9.84. The van der Waals surface area contributed by atoms with Gasteiger partial charge in [0.05, 0.1) is 0 Å². The van der Waals surface area contributed by atoms with Gasteiger partial charge in [-0.3, -0.25) is 9.59 Å². The van der Waals surface area contributed by atoms with Crippen LogP contribution in [0.25, 0.3) is 0 Å². The fourth-order valence-corrected chi connectivity index (χ4v) is 1.64. The van der Waals surface area contributed by atoms with Crippen LogP contribution in [0.4, 0.5) is 0 Å². The number of hydrogen-bond donors (Lipinski definition) is 2. The van der Waals surface area contributed by atoms with Crippen molar-refractivity contribution in [2.24, 2.45) is 11.3 Å². The average molecular weight is 257 g/mol. The topological polar surface area (TPSA) is 66.4 Å². The maximum atomic E-state index is 11.6. The fourth-order valence-electron chi connectivity index (χ4n) is 1.64. The molecule has 18 heavy (non-hydrogen) atoms. The smallest absolute Gasteiger partial charge is 0.303 e. The lowest BCUT2D eigenvalue weighted by molar-refractivity contribution is -0.137. The van der Waals surface area contributed by atoms with Crippen LogP contribution in [0.1, 0.15) is 59.8 Å². The van der Waals surface area contributed by atoms with Crippen molar-refractivity contribution in [3.63, 3.8) is 0 Å². The molecule has 0 saturated carbocycles. The lowest BCUT2D eigenvalue weighted by Gasteiger charge is -2.24. The summed E-state index contributed by atoms with van der Waals surface area (Å²) >= 11 is 0. The first-order chi connectivity index (χ1) is 8.26. The number of carboxylic acid groups (broad SMARTS) is 1. The first-order valence-electron chi connectivity index (χ1n) is 6.75. The van der Waals surface area contributed by atoms with Crippen LogP contribution in [0.5, 0.6) is 0 Å². The Morgan fingerprint density at radius 2 is 1.89 bits per heavy atom. The van der Waals surface area contributed by atoms with Crippen molar-refractivity contribution in [3.8, 4) is 0 Å². The molecular formula is C14H27NO3. The van der Waals surface area contributed by atoms with Gasteiger partial charge in [0.15, 0.2) is 0 Å². The molecule has 106 valence electrons. The minimum atomic E-state index is -0.760. The van der Waals surface area contributed by atoms with Gasteiger partial charge in [-0.05, 0) is 24.2 Å². The summed E-state index contributed by atoms with van der Waals surface area (Å²) in [4.78, 5) is 22.1. The summed E-state index contributed by atoms with van der Waals surface area (Å²) in [5.74, 6) is -0.243. The number of aliphatic carboxylic acids is 1. The molecule has 1 atom stereocenters. The third kappa shape index (κ3) is 9.02. The highest BCUT2D eigenvalue weighted by Crippen LogP contribution is 2.26. The molecule has 2 N–H and O–H groups in total. The van der Waals surface area contributed by atoms with Crippen molar-refractivity contribution in [3.05, 3.63) is 0 Å². The van der Waals surface area contributed by atoms with Crippen LogP contribution >= 0.6 is 0 Å². The fraction of sp³-hybridized carbons (Fsp3) is 0.857. The highest BCUT2D eigenvalue weighted by molar-refractivity contribution is 5.76. The normalized spacial score (nSPS) is 13.1. The van der Waals surface area contributed by atoms with Crippen molar-refractivity contribution < 1.29 is 14.7 Å². The molecule has 0 saturated heterocycles. The second kappa shape index (κ2) is 8.11. The quantitative estimate of drug-likeness (QED) is 0.667. The lowest BCUT2D eigenvalue weighted by Crippen LogP contribution is -2.29. The molecule has 0 aromatic rings. The molecule has 0 radical (unpaired) electrons. The van der Waals surface area contributed by atoms with Crippen LogP contribution in [0, 0.1) is 11.3 Å². The second-order valence-electron chi connectivity index (χ2n) is 5.88. The number of carbonyl (C=O) groups excluding carboxylic acids is 1. The van der Waals surface area contributed by atoms with E-state index in [1.54, 1.807) is 0 Å². The SMILES string of the molecule is CCC(C)CC(=O)NCCC(C)(C)CCC(=O)O. The molecule has 0 aliphatic rings. The Balaban J connectivity index is 3.81. The number of rotatable bonds is 9. The third-order valence-corrected chi connectivity index (χ3v) is 3.37. The van der Waals surface area contributed by atoms with Gasteiger partial charge in [0.25, 0.3) is 0 Å². The van der Waals surface area contributed by atoms with E-state index in [0.29, 0.717) is 25.3 Å². The van der Waals surface area contributed by atoms with E-state index in [9.17, 15) is 9.59 Å². The molecule has 0 aromatic carbocycles. The Kier molecular flexibility index (Phi) is 7.64. The van der Waals surface area contributed by atoms with Gasteiger partial charge in [-0.2, -0.15) is 0 Å². The molecule has 0 spiro atoms. The maximum Gasteiger partial charge on any atom is 0.303 e. The highest BCUT2D eigenvalue weighted by Gasteiger charge is 2.19. The van der Waals surface area contributed by atoms with E-state index in [1.165, 1.54) is 0 Å². The van der Waals surface area contributed by atoms with Gasteiger partial charge in [-0.25, -0.2) is 0 Å². The van der Waals surface area contributed by atoms with E-state index in [4.69, 9.17) is 5.11 Å². The molecule has 4 nitrogen and oxygen atoms in total. The highest BCUT2D eigenvalue weighted by atomic mass is 16.4. The summed E-state index contributed by atoms with van der Waals surface area (Å²) in [6.45, 7) is 8.85. The molecular weight excluding hydrogens is 230 g/mol. The molecule has 0 aromatic heterocycles. The molecule has 1 unspecified atom stereocenters. The maximum absolute atomic E-state index is 11.6. The average Bonchev–Trinajstić information content (AvgIpc) is 2.26. The number of carboxylic acids is 1. The summed E-state index contributed by atoms with van der Waals surface area (Å²) in [5, 5.41) is 11.6. The van der Waals surface area contributed by atoms with Crippen LogP contribution in [0.3, 0.4) is 0 Å². The van der Waals surface area contributed by atoms with Gasteiger partial charge in [-0.1, -0.05) is 34.1 Å². The van der Waals surface area contributed by atoms with Gasteiger partial charge in [0.2, 0.25) is 5.91 Å². The van der Waals surface area contributed by atoms with Crippen LogP contribution in [0.15, 0.2) is 0 Å². The molecule has 0 rings (SSSR count). The Morgan fingerprint density at radius 3 is 2.39 bits per heavy atom. The molecule has 4 heteroatoms. The number of nitrogens with one attached hydrogen (secondary N) is 1. The van der Waals surface area contributed by atoms with Gasteiger partial charge in [0, 0.05) is 19.4 Å². The van der Waals surface area contributed by atoms with Crippen molar-refractivity contribution in [2.45, 2.75) is 59.8 Å². The largest absolute Gasteiger partial charge is 0.481 e. The van der Waals surface area contributed by atoms with Crippen molar-refractivity contribution in [1.82, 2.24) is 5.32 Å². The minimum Gasteiger partial charge on any atom is -0.481 e. The zero-order chi connectivity index (χ0) is 14.2. The minimum absolute atomic E-state index is 0.0396. The van der Waals surface area contributed by atoms with Gasteiger partial charge < -0.3 is 10.4 Å². The van der Waals surface area contributed by atoms with Gasteiger partial charge >= 0.3 is 5.97 Å².